The van der Waals surface area contributed by atoms with Crippen LogP contribution in [0.4, 0.5) is 5.69 Å². The van der Waals surface area contributed by atoms with Gasteiger partial charge in [-0.25, -0.2) is 4.79 Å². The third kappa shape index (κ3) is 4.44. The second-order valence-corrected chi connectivity index (χ2v) is 5.57. The van der Waals surface area contributed by atoms with Crippen LogP contribution in [0.15, 0.2) is 42.5 Å². The van der Waals surface area contributed by atoms with Crippen molar-refractivity contribution in [2.75, 3.05) is 32.2 Å². The van der Waals surface area contributed by atoms with E-state index in [1.54, 1.807) is 42.5 Å². The molecule has 0 aliphatic carbocycles. The summed E-state index contributed by atoms with van der Waals surface area (Å²) < 4.78 is 21.2. The second-order valence-electron chi connectivity index (χ2n) is 5.57. The van der Waals surface area contributed by atoms with Gasteiger partial charge in [-0.1, -0.05) is 6.07 Å². The molecule has 2 aromatic rings. The van der Waals surface area contributed by atoms with E-state index in [4.69, 9.17) is 18.9 Å². The first-order chi connectivity index (χ1) is 12.7. The molecule has 0 saturated carbocycles. The summed E-state index contributed by atoms with van der Waals surface area (Å²) in [5.74, 6) is 0.711. The summed E-state index contributed by atoms with van der Waals surface area (Å²) in [5, 5.41) is 2.67. The molecule has 0 bridgehead atoms. The Kier molecular flexibility index (Phi) is 5.58. The highest BCUT2D eigenvalue weighted by atomic mass is 16.5. The van der Waals surface area contributed by atoms with Gasteiger partial charge in [0.25, 0.3) is 5.91 Å². The Hall–Kier alpha value is -3.22. The molecule has 1 amide bonds. The van der Waals surface area contributed by atoms with Crippen LogP contribution in [-0.4, -0.2) is 38.8 Å². The van der Waals surface area contributed by atoms with Crippen LogP contribution in [0.5, 0.6) is 17.2 Å². The zero-order valence-corrected chi connectivity index (χ0v) is 14.3. The van der Waals surface area contributed by atoms with Crippen molar-refractivity contribution in [3.63, 3.8) is 0 Å². The number of fused-ring (bicyclic) bond motifs is 1. The fourth-order valence-electron chi connectivity index (χ4n) is 2.40. The summed E-state index contributed by atoms with van der Waals surface area (Å²) in [6, 6.07) is 11.6. The highest BCUT2D eigenvalue weighted by Gasteiger charge is 2.14. The van der Waals surface area contributed by atoms with Gasteiger partial charge in [-0.05, 0) is 30.3 Å². The Bertz CT molecular complexity index is 804. The molecule has 136 valence electrons. The van der Waals surface area contributed by atoms with E-state index in [0.29, 0.717) is 41.7 Å². The van der Waals surface area contributed by atoms with Crippen molar-refractivity contribution in [3.05, 3.63) is 48.0 Å². The number of anilines is 1. The zero-order valence-electron chi connectivity index (χ0n) is 14.3. The number of benzene rings is 2. The molecule has 0 atom stereocenters. The van der Waals surface area contributed by atoms with Crippen molar-refractivity contribution in [1.29, 1.82) is 0 Å². The Labute approximate surface area is 150 Å². The van der Waals surface area contributed by atoms with E-state index in [1.807, 2.05) is 0 Å². The molecule has 3 rings (SSSR count). The van der Waals surface area contributed by atoms with Crippen LogP contribution in [0.1, 0.15) is 16.8 Å². The van der Waals surface area contributed by atoms with Gasteiger partial charge in [0.1, 0.15) is 5.75 Å². The minimum absolute atomic E-state index is 0.313. The van der Waals surface area contributed by atoms with Crippen LogP contribution >= 0.6 is 0 Å². The van der Waals surface area contributed by atoms with Gasteiger partial charge < -0.3 is 24.3 Å². The zero-order chi connectivity index (χ0) is 18.4. The third-order valence-electron chi connectivity index (χ3n) is 3.67. The maximum Gasteiger partial charge on any atom is 0.338 e. The van der Waals surface area contributed by atoms with Crippen molar-refractivity contribution in [2.24, 2.45) is 0 Å². The summed E-state index contributed by atoms with van der Waals surface area (Å²) in [7, 11) is 1.51. The Morgan fingerprint density at radius 1 is 1.08 bits per heavy atom. The summed E-state index contributed by atoms with van der Waals surface area (Å²) in [6.07, 6.45) is 0.802. The SMILES string of the molecule is COc1cccc(C(=O)OCC(=O)Nc2ccc3c(c2)OCCCO3)c1. The van der Waals surface area contributed by atoms with Crippen molar-refractivity contribution in [3.8, 4) is 17.2 Å². The Morgan fingerprint density at radius 3 is 2.69 bits per heavy atom. The van der Waals surface area contributed by atoms with Crippen LogP contribution in [0, 0.1) is 0 Å². The summed E-state index contributed by atoms with van der Waals surface area (Å²) in [4.78, 5) is 24.0. The van der Waals surface area contributed by atoms with Gasteiger partial charge in [0.15, 0.2) is 18.1 Å². The lowest BCUT2D eigenvalue weighted by Gasteiger charge is -2.11. The van der Waals surface area contributed by atoms with Crippen molar-refractivity contribution < 1.29 is 28.5 Å². The van der Waals surface area contributed by atoms with E-state index in [9.17, 15) is 9.59 Å². The van der Waals surface area contributed by atoms with Crippen LogP contribution < -0.4 is 19.5 Å². The lowest BCUT2D eigenvalue weighted by Crippen LogP contribution is -2.21. The highest BCUT2D eigenvalue weighted by Crippen LogP contribution is 2.32. The van der Waals surface area contributed by atoms with E-state index in [2.05, 4.69) is 5.32 Å². The lowest BCUT2D eigenvalue weighted by molar-refractivity contribution is -0.119. The van der Waals surface area contributed by atoms with Crippen molar-refractivity contribution >= 4 is 17.6 Å². The first-order valence-electron chi connectivity index (χ1n) is 8.16. The molecule has 0 spiro atoms. The summed E-state index contributed by atoms with van der Waals surface area (Å²) in [5.41, 5.74) is 0.851. The molecule has 0 aromatic heterocycles. The standard InChI is InChI=1S/C19H19NO6/c1-23-15-5-2-4-13(10-15)19(22)26-12-18(21)20-14-6-7-16-17(11-14)25-9-3-8-24-16/h2,4-7,10-11H,3,8-9,12H2,1H3,(H,20,21). The van der Waals surface area contributed by atoms with Crippen LogP contribution in [0.2, 0.25) is 0 Å². The number of nitrogens with one attached hydrogen (secondary N) is 1. The first-order valence-corrected chi connectivity index (χ1v) is 8.16. The van der Waals surface area contributed by atoms with Gasteiger partial charge in [0.2, 0.25) is 0 Å². The monoisotopic (exact) mass is 357 g/mol. The molecule has 1 aliphatic rings. The number of rotatable bonds is 5. The normalized spacial score (nSPS) is 12.7. The predicted octanol–water partition coefficient (Wildman–Crippen LogP) is 2.65. The number of methoxy groups -OCH3 is 1. The van der Waals surface area contributed by atoms with Crippen LogP contribution in [0.3, 0.4) is 0 Å². The number of carbonyl (C=O) groups is 2. The quantitative estimate of drug-likeness (QED) is 0.829. The number of ether oxygens (including phenoxy) is 4. The average molecular weight is 357 g/mol. The smallest absolute Gasteiger partial charge is 0.338 e. The molecule has 2 aromatic carbocycles. The molecule has 7 heteroatoms. The van der Waals surface area contributed by atoms with Gasteiger partial charge in [-0.2, -0.15) is 0 Å². The summed E-state index contributed by atoms with van der Waals surface area (Å²) in [6.45, 7) is 0.756. The minimum atomic E-state index is -0.599. The number of hydrogen-bond acceptors (Lipinski definition) is 6. The van der Waals surface area contributed by atoms with Crippen molar-refractivity contribution in [2.45, 2.75) is 6.42 Å². The van der Waals surface area contributed by atoms with E-state index in [0.717, 1.165) is 6.42 Å². The fraction of sp³-hybridized carbons (Fsp3) is 0.263. The molecule has 1 aliphatic heterocycles. The highest BCUT2D eigenvalue weighted by molar-refractivity contribution is 5.95. The third-order valence-corrected chi connectivity index (χ3v) is 3.67. The number of esters is 1. The average Bonchev–Trinajstić information content (AvgIpc) is 2.91. The van der Waals surface area contributed by atoms with E-state index < -0.39 is 18.5 Å². The lowest BCUT2D eigenvalue weighted by atomic mass is 10.2. The first kappa shape index (κ1) is 17.6. The van der Waals surface area contributed by atoms with E-state index in [-0.39, 0.29) is 0 Å². The topological polar surface area (TPSA) is 83.1 Å². The fourth-order valence-corrected chi connectivity index (χ4v) is 2.40. The molecule has 7 nitrogen and oxygen atoms in total. The number of amides is 1. The predicted molar refractivity (Wildman–Crippen MR) is 94.0 cm³/mol. The molecule has 1 N–H and O–H groups in total. The largest absolute Gasteiger partial charge is 0.497 e. The van der Waals surface area contributed by atoms with Crippen LogP contribution in [0.25, 0.3) is 0 Å². The Morgan fingerprint density at radius 2 is 1.88 bits per heavy atom. The van der Waals surface area contributed by atoms with Gasteiger partial charge in [-0.15, -0.1) is 0 Å². The molecule has 0 unspecified atom stereocenters. The molecular weight excluding hydrogens is 338 g/mol. The number of hydrogen-bond donors (Lipinski definition) is 1. The molecule has 1 heterocycles. The summed E-state index contributed by atoms with van der Waals surface area (Å²) >= 11 is 0. The van der Waals surface area contributed by atoms with Gasteiger partial charge in [0.05, 0.1) is 25.9 Å². The van der Waals surface area contributed by atoms with Gasteiger partial charge >= 0.3 is 5.97 Å². The van der Waals surface area contributed by atoms with E-state index >= 15 is 0 Å². The minimum Gasteiger partial charge on any atom is -0.497 e. The van der Waals surface area contributed by atoms with Crippen LogP contribution in [-0.2, 0) is 9.53 Å². The maximum atomic E-state index is 12.0. The van der Waals surface area contributed by atoms with Gasteiger partial charge in [0, 0.05) is 18.2 Å². The van der Waals surface area contributed by atoms with E-state index in [1.165, 1.54) is 7.11 Å². The second kappa shape index (κ2) is 8.24. The molecule has 0 saturated heterocycles. The Balaban J connectivity index is 1.55. The molecule has 0 fully saturated rings. The van der Waals surface area contributed by atoms with Gasteiger partial charge in [-0.3, -0.25) is 4.79 Å². The molecular formula is C19H19NO6. The van der Waals surface area contributed by atoms with Crippen molar-refractivity contribution in [1.82, 2.24) is 0 Å². The molecule has 26 heavy (non-hydrogen) atoms. The maximum absolute atomic E-state index is 12.0. The number of carbonyl (C=O) groups excluding carboxylic acids is 2. The molecule has 0 radical (unpaired) electrons.